The van der Waals surface area contributed by atoms with Crippen LogP contribution in [0.5, 0.6) is 0 Å². The fourth-order valence-electron chi connectivity index (χ4n) is 2.64. The van der Waals surface area contributed by atoms with E-state index in [1.807, 2.05) is 32.9 Å². The van der Waals surface area contributed by atoms with E-state index in [-0.39, 0.29) is 24.3 Å². The summed E-state index contributed by atoms with van der Waals surface area (Å²) in [5, 5.41) is 9.93. The molecule has 0 atom stereocenters. The standard InChI is InChI=1S/C17H21NO4/c1-9(2)18(8-13(19)20)17(21)16-12(5)14-10(3)6-7-11(4)15(14)22-16/h6-7,9H,8H2,1-5H3,(H,19,20). The molecule has 5 nitrogen and oxygen atoms in total. The van der Waals surface area contributed by atoms with E-state index in [2.05, 4.69) is 0 Å². The van der Waals surface area contributed by atoms with Gasteiger partial charge in [-0.1, -0.05) is 12.1 Å². The van der Waals surface area contributed by atoms with Gasteiger partial charge >= 0.3 is 5.97 Å². The van der Waals surface area contributed by atoms with Crippen molar-refractivity contribution < 1.29 is 19.1 Å². The van der Waals surface area contributed by atoms with E-state index in [4.69, 9.17) is 9.52 Å². The summed E-state index contributed by atoms with van der Waals surface area (Å²) in [6.45, 7) is 8.97. The SMILES string of the molecule is Cc1ccc(C)c2c(C)c(C(=O)N(CC(=O)O)C(C)C)oc12. The van der Waals surface area contributed by atoms with Gasteiger partial charge in [0.25, 0.3) is 5.91 Å². The summed E-state index contributed by atoms with van der Waals surface area (Å²) in [5.74, 6) is -1.20. The van der Waals surface area contributed by atoms with Gasteiger partial charge in [0.05, 0.1) is 0 Å². The molecule has 0 radical (unpaired) electrons. The molecule has 0 aliphatic heterocycles. The Labute approximate surface area is 129 Å². The normalized spacial score (nSPS) is 11.2. The fraction of sp³-hybridized carbons (Fsp3) is 0.412. The van der Waals surface area contributed by atoms with Gasteiger partial charge in [-0.25, -0.2) is 0 Å². The van der Waals surface area contributed by atoms with Crippen LogP contribution in [0.2, 0.25) is 0 Å². The zero-order valence-corrected chi connectivity index (χ0v) is 13.6. The topological polar surface area (TPSA) is 70.8 Å². The molecular formula is C17H21NO4. The van der Waals surface area contributed by atoms with Gasteiger partial charge < -0.3 is 14.4 Å². The fourth-order valence-corrected chi connectivity index (χ4v) is 2.64. The molecule has 0 saturated carbocycles. The summed E-state index contributed by atoms with van der Waals surface area (Å²) in [5.41, 5.74) is 3.45. The number of benzene rings is 1. The van der Waals surface area contributed by atoms with E-state index in [0.717, 1.165) is 22.1 Å². The lowest BCUT2D eigenvalue weighted by Crippen LogP contribution is -2.40. The highest BCUT2D eigenvalue weighted by Gasteiger charge is 2.27. The summed E-state index contributed by atoms with van der Waals surface area (Å²) in [6.07, 6.45) is 0. The number of aliphatic carboxylic acids is 1. The van der Waals surface area contributed by atoms with Crippen molar-refractivity contribution in [2.75, 3.05) is 6.54 Å². The molecule has 118 valence electrons. The predicted octanol–water partition coefficient (Wildman–Crippen LogP) is 3.29. The summed E-state index contributed by atoms with van der Waals surface area (Å²) in [7, 11) is 0. The summed E-state index contributed by atoms with van der Waals surface area (Å²) < 4.78 is 5.80. The van der Waals surface area contributed by atoms with E-state index in [9.17, 15) is 9.59 Å². The third-order valence-electron chi connectivity index (χ3n) is 3.87. The number of carboxylic acid groups (broad SMARTS) is 1. The van der Waals surface area contributed by atoms with E-state index in [1.54, 1.807) is 13.8 Å². The van der Waals surface area contributed by atoms with Crippen molar-refractivity contribution in [3.05, 3.63) is 34.6 Å². The first kappa shape index (κ1) is 16.1. The molecular weight excluding hydrogens is 282 g/mol. The minimum Gasteiger partial charge on any atom is -0.480 e. The van der Waals surface area contributed by atoms with Crippen molar-refractivity contribution in [3.63, 3.8) is 0 Å². The Balaban J connectivity index is 2.56. The second-order valence-corrected chi connectivity index (χ2v) is 5.88. The molecule has 0 aliphatic rings. The Morgan fingerprint density at radius 3 is 2.27 bits per heavy atom. The van der Waals surface area contributed by atoms with Crippen LogP contribution >= 0.6 is 0 Å². The molecule has 1 aromatic carbocycles. The summed E-state index contributed by atoms with van der Waals surface area (Å²) in [6, 6.07) is 3.72. The van der Waals surface area contributed by atoms with Gasteiger partial charge in [0, 0.05) is 17.0 Å². The van der Waals surface area contributed by atoms with Gasteiger partial charge in [0.2, 0.25) is 0 Å². The van der Waals surface area contributed by atoms with Gasteiger partial charge in [-0.2, -0.15) is 0 Å². The lowest BCUT2D eigenvalue weighted by atomic mass is 10.0. The Bertz CT molecular complexity index is 743. The van der Waals surface area contributed by atoms with Crippen LogP contribution in [-0.4, -0.2) is 34.5 Å². The quantitative estimate of drug-likeness (QED) is 0.940. The third kappa shape index (κ3) is 2.71. The molecule has 0 bridgehead atoms. The number of furan rings is 1. The predicted molar refractivity (Wildman–Crippen MR) is 84.2 cm³/mol. The number of carbonyl (C=O) groups excluding carboxylic acids is 1. The molecule has 5 heteroatoms. The van der Waals surface area contributed by atoms with Crippen LogP contribution in [0.25, 0.3) is 11.0 Å². The van der Waals surface area contributed by atoms with Crippen molar-refractivity contribution in [2.45, 2.75) is 40.7 Å². The molecule has 1 aromatic heterocycles. The Hall–Kier alpha value is -2.30. The van der Waals surface area contributed by atoms with E-state index in [1.165, 1.54) is 4.90 Å². The molecule has 0 fully saturated rings. The summed E-state index contributed by atoms with van der Waals surface area (Å²) >= 11 is 0. The highest BCUT2D eigenvalue weighted by molar-refractivity contribution is 6.01. The molecule has 0 saturated heterocycles. The number of aryl methyl sites for hydroxylation is 3. The third-order valence-corrected chi connectivity index (χ3v) is 3.87. The number of hydrogen-bond acceptors (Lipinski definition) is 3. The molecule has 22 heavy (non-hydrogen) atoms. The average Bonchev–Trinajstić information content (AvgIpc) is 2.78. The highest BCUT2D eigenvalue weighted by atomic mass is 16.4. The van der Waals surface area contributed by atoms with Crippen molar-refractivity contribution in [1.29, 1.82) is 0 Å². The number of fused-ring (bicyclic) bond motifs is 1. The first-order valence-electron chi connectivity index (χ1n) is 7.26. The maximum absolute atomic E-state index is 12.7. The lowest BCUT2D eigenvalue weighted by molar-refractivity contribution is -0.138. The number of carboxylic acids is 1. The van der Waals surface area contributed by atoms with E-state index >= 15 is 0 Å². The number of hydrogen-bond donors (Lipinski definition) is 1. The van der Waals surface area contributed by atoms with Gasteiger partial charge in [-0.05, 0) is 45.7 Å². The first-order chi connectivity index (χ1) is 10.2. The molecule has 2 rings (SSSR count). The van der Waals surface area contributed by atoms with Gasteiger partial charge in [0.1, 0.15) is 12.1 Å². The van der Waals surface area contributed by atoms with Crippen LogP contribution < -0.4 is 0 Å². The molecule has 0 aliphatic carbocycles. The van der Waals surface area contributed by atoms with Crippen molar-refractivity contribution >= 4 is 22.8 Å². The summed E-state index contributed by atoms with van der Waals surface area (Å²) in [4.78, 5) is 25.0. The van der Waals surface area contributed by atoms with Crippen molar-refractivity contribution in [2.24, 2.45) is 0 Å². The Kier molecular flexibility index (Phi) is 4.26. The maximum Gasteiger partial charge on any atom is 0.323 e. The molecule has 0 unspecified atom stereocenters. The second kappa shape index (κ2) is 5.83. The molecule has 1 N–H and O–H groups in total. The minimum absolute atomic E-state index is 0.224. The van der Waals surface area contributed by atoms with Crippen LogP contribution in [0.1, 0.15) is 41.1 Å². The Morgan fingerprint density at radius 1 is 1.18 bits per heavy atom. The zero-order chi connectivity index (χ0) is 16.6. The lowest BCUT2D eigenvalue weighted by Gasteiger charge is -2.24. The van der Waals surface area contributed by atoms with E-state index in [0.29, 0.717) is 5.58 Å². The molecule has 2 aromatic rings. The average molecular weight is 303 g/mol. The number of rotatable bonds is 4. The second-order valence-electron chi connectivity index (χ2n) is 5.88. The van der Waals surface area contributed by atoms with Crippen molar-refractivity contribution in [1.82, 2.24) is 4.90 Å². The van der Waals surface area contributed by atoms with Gasteiger partial charge in [-0.3, -0.25) is 9.59 Å². The van der Waals surface area contributed by atoms with Crippen LogP contribution in [0, 0.1) is 20.8 Å². The Morgan fingerprint density at radius 2 is 1.77 bits per heavy atom. The molecule has 1 amide bonds. The van der Waals surface area contributed by atoms with Crippen LogP contribution in [0.3, 0.4) is 0 Å². The van der Waals surface area contributed by atoms with E-state index < -0.39 is 5.97 Å². The minimum atomic E-state index is -1.04. The number of carbonyl (C=O) groups is 2. The van der Waals surface area contributed by atoms with Gasteiger partial charge in [-0.15, -0.1) is 0 Å². The highest BCUT2D eigenvalue weighted by Crippen LogP contribution is 2.31. The maximum atomic E-state index is 12.7. The van der Waals surface area contributed by atoms with Crippen LogP contribution in [0.4, 0.5) is 0 Å². The monoisotopic (exact) mass is 303 g/mol. The zero-order valence-electron chi connectivity index (χ0n) is 13.6. The molecule has 0 spiro atoms. The first-order valence-corrected chi connectivity index (χ1v) is 7.26. The largest absolute Gasteiger partial charge is 0.480 e. The van der Waals surface area contributed by atoms with Gasteiger partial charge in [0.15, 0.2) is 5.76 Å². The smallest absolute Gasteiger partial charge is 0.323 e. The number of nitrogens with zero attached hydrogens (tertiary/aromatic N) is 1. The van der Waals surface area contributed by atoms with Crippen molar-refractivity contribution in [3.8, 4) is 0 Å². The van der Waals surface area contributed by atoms with Crippen LogP contribution in [-0.2, 0) is 4.79 Å². The molecule has 1 heterocycles. The number of amides is 1. The van der Waals surface area contributed by atoms with Crippen LogP contribution in [0.15, 0.2) is 16.5 Å².